The minimum atomic E-state index is 0.221. The van der Waals surface area contributed by atoms with Gasteiger partial charge < -0.3 is 10.6 Å². The van der Waals surface area contributed by atoms with E-state index in [1.807, 2.05) is 20.2 Å². The maximum Gasteiger partial charge on any atom is 0.128 e. The van der Waals surface area contributed by atoms with Gasteiger partial charge in [0.05, 0.1) is 17.2 Å². The average Bonchev–Trinajstić information content (AvgIpc) is 2.84. The zero-order chi connectivity index (χ0) is 14.5. The Morgan fingerprint density at radius 1 is 1.40 bits per heavy atom. The van der Waals surface area contributed by atoms with Gasteiger partial charge in [-0.15, -0.1) is 11.3 Å². The predicted octanol–water partition coefficient (Wildman–Crippen LogP) is 2.76. The summed E-state index contributed by atoms with van der Waals surface area (Å²) in [4.78, 5) is 11.1. The van der Waals surface area contributed by atoms with Gasteiger partial charge in [0, 0.05) is 24.7 Å². The van der Waals surface area contributed by atoms with E-state index in [0.717, 1.165) is 35.9 Å². The molecule has 0 fully saturated rings. The summed E-state index contributed by atoms with van der Waals surface area (Å²) < 4.78 is 0. The van der Waals surface area contributed by atoms with Crippen LogP contribution in [-0.2, 0) is 13.0 Å². The standard InChI is InChI=1S/C15H22N4S/c1-4-13(16)7-12-5-6-15(17-8-12)19(3)9-14-10-20-11(2)18-14/h5-6,8,10,13H,4,7,9,16H2,1-3H3. The van der Waals surface area contributed by atoms with E-state index in [4.69, 9.17) is 5.73 Å². The second-order valence-electron chi connectivity index (χ2n) is 5.11. The van der Waals surface area contributed by atoms with Crippen LogP contribution in [0.4, 0.5) is 5.82 Å². The molecule has 2 heterocycles. The van der Waals surface area contributed by atoms with Crippen molar-refractivity contribution in [2.24, 2.45) is 5.73 Å². The molecule has 20 heavy (non-hydrogen) atoms. The quantitative estimate of drug-likeness (QED) is 0.889. The Labute approximate surface area is 124 Å². The molecule has 2 rings (SSSR count). The van der Waals surface area contributed by atoms with Gasteiger partial charge in [0.25, 0.3) is 0 Å². The summed E-state index contributed by atoms with van der Waals surface area (Å²) in [6, 6.07) is 4.38. The van der Waals surface area contributed by atoms with Crippen LogP contribution in [0.5, 0.6) is 0 Å². The SMILES string of the molecule is CCC(N)Cc1ccc(N(C)Cc2csc(C)n2)nc1. The van der Waals surface area contributed by atoms with Crippen LogP contribution in [0.3, 0.4) is 0 Å². The monoisotopic (exact) mass is 290 g/mol. The number of nitrogens with two attached hydrogens (primary N) is 1. The van der Waals surface area contributed by atoms with Gasteiger partial charge in [-0.05, 0) is 31.4 Å². The van der Waals surface area contributed by atoms with E-state index < -0.39 is 0 Å². The first kappa shape index (κ1) is 14.9. The lowest BCUT2D eigenvalue weighted by atomic mass is 10.1. The fraction of sp³-hybridized carbons (Fsp3) is 0.467. The summed E-state index contributed by atoms with van der Waals surface area (Å²) in [5.74, 6) is 0.962. The zero-order valence-corrected chi connectivity index (χ0v) is 13.2. The number of anilines is 1. The van der Waals surface area contributed by atoms with Gasteiger partial charge in [-0.3, -0.25) is 0 Å². The first-order chi connectivity index (χ1) is 9.58. The highest BCUT2D eigenvalue weighted by Gasteiger charge is 2.07. The van der Waals surface area contributed by atoms with E-state index in [2.05, 4.69) is 39.3 Å². The molecular weight excluding hydrogens is 268 g/mol. The molecule has 5 heteroatoms. The third kappa shape index (κ3) is 4.02. The molecule has 0 saturated heterocycles. The number of hydrogen-bond donors (Lipinski definition) is 1. The average molecular weight is 290 g/mol. The van der Waals surface area contributed by atoms with Crippen LogP contribution in [0, 0.1) is 6.92 Å². The Morgan fingerprint density at radius 2 is 2.20 bits per heavy atom. The largest absolute Gasteiger partial charge is 0.354 e. The van der Waals surface area contributed by atoms with Crippen molar-refractivity contribution in [1.82, 2.24) is 9.97 Å². The fourth-order valence-electron chi connectivity index (χ4n) is 2.02. The summed E-state index contributed by atoms with van der Waals surface area (Å²) >= 11 is 1.68. The van der Waals surface area contributed by atoms with Crippen LogP contribution in [0.1, 0.15) is 29.6 Å². The van der Waals surface area contributed by atoms with E-state index >= 15 is 0 Å². The van der Waals surface area contributed by atoms with E-state index in [0.29, 0.717) is 0 Å². The molecule has 0 spiro atoms. The molecule has 0 amide bonds. The van der Waals surface area contributed by atoms with Crippen molar-refractivity contribution in [2.75, 3.05) is 11.9 Å². The van der Waals surface area contributed by atoms with Gasteiger partial charge >= 0.3 is 0 Å². The second-order valence-corrected chi connectivity index (χ2v) is 6.17. The molecular formula is C15H22N4S. The number of thiazole rings is 1. The molecule has 2 aromatic heterocycles. The van der Waals surface area contributed by atoms with E-state index in [9.17, 15) is 0 Å². The molecule has 1 atom stereocenters. The summed E-state index contributed by atoms with van der Waals surface area (Å²) in [6.45, 7) is 4.92. The zero-order valence-electron chi connectivity index (χ0n) is 12.3. The van der Waals surface area contributed by atoms with Crippen molar-refractivity contribution in [3.05, 3.63) is 40.0 Å². The minimum absolute atomic E-state index is 0.221. The van der Waals surface area contributed by atoms with Crippen molar-refractivity contribution >= 4 is 17.2 Å². The molecule has 2 N–H and O–H groups in total. The predicted molar refractivity (Wildman–Crippen MR) is 85.2 cm³/mol. The third-order valence-corrected chi connectivity index (χ3v) is 4.11. The Hall–Kier alpha value is -1.46. The van der Waals surface area contributed by atoms with Gasteiger partial charge in [0.1, 0.15) is 5.82 Å². The van der Waals surface area contributed by atoms with Crippen LogP contribution < -0.4 is 10.6 Å². The molecule has 0 aromatic carbocycles. The Balaban J connectivity index is 1.98. The van der Waals surface area contributed by atoms with E-state index in [-0.39, 0.29) is 6.04 Å². The smallest absolute Gasteiger partial charge is 0.128 e. The van der Waals surface area contributed by atoms with Crippen molar-refractivity contribution in [1.29, 1.82) is 0 Å². The molecule has 0 aliphatic heterocycles. The van der Waals surface area contributed by atoms with Gasteiger partial charge in [0.2, 0.25) is 0 Å². The molecule has 4 nitrogen and oxygen atoms in total. The molecule has 1 unspecified atom stereocenters. The minimum Gasteiger partial charge on any atom is -0.354 e. The van der Waals surface area contributed by atoms with Crippen molar-refractivity contribution in [3.63, 3.8) is 0 Å². The summed E-state index contributed by atoms with van der Waals surface area (Å²) in [5, 5.41) is 3.20. The lowest BCUT2D eigenvalue weighted by Crippen LogP contribution is -2.22. The second kappa shape index (κ2) is 6.81. The van der Waals surface area contributed by atoms with Crippen molar-refractivity contribution in [2.45, 2.75) is 39.3 Å². The summed E-state index contributed by atoms with van der Waals surface area (Å²) in [6.07, 6.45) is 3.80. The Morgan fingerprint density at radius 3 is 2.75 bits per heavy atom. The first-order valence-electron chi connectivity index (χ1n) is 6.91. The highest BCUT2D eigenvalue weighted by molar-refractivity contribution is 7.09. The first-order valence-corrected chi connectivity index (χ1v) is 7.79. The maximum absolute atomic E-state index is 5.96. The molecule has 0 saturated carbocycles. The number of rotatable bonds is 6. The number of aromatic nitrogens is 2. The molecule has 0 aliphatic rings. The topological polar surface area (TPSA) is 55.0 Å². The number of pyridine rings is 1. The van der Waals surface area contributed by atoms with Crippen LogP contribution in [0.2, 0.25) is 0 Å². The molecule has 0 bridgehead atoms. The summed E-state index contributed by atoms with van der Waals surface area (Å²) in [5.41, 5.74) is 8.25. The summed E-state index contributed by atoms with van der Waals surface area (Å²) in [7, 11) is 2.04. The third-order valence-electron chi connectivity index (χ3n) is 3.29. The van der Waals surface area contributed by atoms with Crippen molar-refractivity contribution in [3.8, 4) is 0 Å². The lowest BCUT2D eigenvalue weighted by molar-refractivity contribution is 0.645. The number of hydrogen-bond acceptors (Lipinski definition) is 5. The Kier molecular flexibility index (Phi) is 5.09. The van der Waals surface area contributed by atoms with Gasteiger partial charge in [-0.2, -0.15) is 0 Å². The molecule has 0 radical (unpaired) electrons. The number of aryl methyl sites for hydroxylation is 1. The highest BCUT2D eigenvalue weighted by Crippen LogP contribution is 2.15. The van der Waals surface area contributed by atoms with Gasteiger partial charge in [-0.25, -0.2) is 9.97 Å². The molecule has 0 aliphatic carbocycles. The van der Waals surface area contributed by atoms with Crippen LogP contribution in [0.25, 0.3) is 0 Å². The molecule has 2 aromatic rings. The number of nitrogens with zero attached hydrogens (tertiary/aromatic N) is 3. The van der Waals surface area contributed by atoms with Crippen LogP contribution >= 0.6 is 11.3 Å². The lowest BCUT2D eigenvalue weighted by Gasteiger charge is -2.17. The normalized spacial score (nSPS) is 12.4. The van der Waals surface area contributed by atoms with E-state index in [1.165, 1.54) is 5.56 Å². The van der Waals surface area contributed by atoms with E-state index in [1.54, 1.807) is 11.3 Å². The van der Waals surface area contributed by atoms with Gasteiger partial charge in [0.15, 0.2) is 0 Å². The van der Waals surface area contributed by atoms with Crippen LogP contribution in [0.15, 0.2) is 23.7 Å². The Bertz CT molecular complexity index is 535. The van der Waals surface area contributed by atoms with Crippen molar-refractivity contribution < 1.29 is 0 Å². The van der Waals surface area contributed by atoms with Gasteiger partial charge in [-0.1, -0.05) is 13.0 Å². The highest BCUT2D eigenvalue weighted by atomic mass is 32.1. The van der Waals surface area contributed by atoms with Crippen LogP contribution in [-0.4, -0.2) is 23.1 Å². The fourth-order valence-corrected chi connectivity index (χ4v) is 2.62. The molecule has 108 valence electrons. The maximum atomic E-state index is 5.96.